The summed E-state index contributed by atoms with van der Waals surface area (Å²) in [5.41, 5.74) is 4.72. The summed E-state index contributed by atoms with van der Waals surface area (Å²) in [5.74, 6) is -0.304. The molecular formula is C17H18N8O2S2. The molecular weight excluding hydrogens is 412 g/mol. The van der Waals surface area contributed by atoms with Crippen LogP contribution in [0, 0.1) is 5.41 Å². The fourth-order valence-electron chi connectivity index (χ4n) is 3.01. The smallest absolute Gasteiger partial charge is 0.269 e. The summed E-state index contributed by atoms with van der Waals surface area (Å²) in [7, 11) is 1.77. The van der Waals surface area contributed by atoms with Gasteiger partial charge >= 0.3 is 0 Å². The molecule has 0 fully saturated rings. The quantitative estimate of drug-likeness (QED) is 0.367. The summed E-state index contributed by atoms with van der Waals surface area (Å²) in [4.78, 5) is 21.8. The SMILES string of the molecule is CCOC(c1cscn1)c1nc2c(s1)c(C=N)c(C(=O)NCc1cn[nH]n1)n2C. The Morgan fingerprint density at radius 1 is 1.52 bits per heavy atom. The Hall–Kier alpha value is -2.96. The predicted octanol–water partition coefficient (Wildman–Crippen LogP) is 2.26. The molecule has 12 heteroatoms. The van der Waals surface area contributed by atoms with Crippen molar-refractivity contribution in [2.75, 3.05) is 6.61 Å². The second-order valence-corrected chi connectivity index (χ2v) is 7.81. The maximum absolute atomic E-state index is 12.8. The van der Waals surface area contributed by atoms with Crippen molar-refractivity contribution >= 4 is 45.1 Å². The second-order valence-electron chi connectivity index (χ2n) is 6.06. The molecule has 0 aliphatic rings. The van der Waals surface area contributed by atoms with E-state index >= 15 is 0 Å². The number of carbonyl (C=O) groups excluding carboxylic acids is 1. The number of carbonyl (C=O) groups is 1. The van der Waals surface area contributed by atoms with Gasteiger partial charge in [0.15, 0.2) is 11.8 Å². The van der Waals surface area contributed by atoms with E-state index in [2.05, 4.69) is 25.7 Å². The largest absolute Gasteiger partial charge is 0.365 e. The monoisotopic (exact) mass is 430 g/mol. The molecule has 4 aromatic rings. The number of amides is 1. The van der Waals surface area contributed by atoms with E-state index in [4.69, 9.17) is 15.1 Å². The number of aromatic amines is 1. The van der Waals surface area contributed by atoms with E-state index in [-0.39, 0.29) is 18.6 Å². The molecule has 0 aliphatic heterocycles. The van der Waals surface area contributed by atoms with Crippen molar-refractivity contribution in [1.82, 2.24) is 35.3 Å². The minimum atomic E-state index is -0.369. The molecule has 29 heavy (non-hydrogen) atoms. The number of rotatable bonds is 8. The lowest BCUT2D eigenvalue weighted by atomic mass is 10.2. The van der Waals surface area contributed by atoms with Crippen LogP contribution in [0.15, 0.2) is 17.1 Å². The van der Waals surface area contributed by atoms with Gasteiger partial charge in [0.1, 0.15) is 16.4 Å². The van der Waals surface area contributed by atoms with E-state index in [1.807, 2.05) is 12.3 Å². The van der Waals surface area contributed by atoms with Gasteiger partial charge in [-0.3, -0.25) is 4.79 Å². The fraction of sp³-hybridized carbons (Fsp3) is 0.294. The van der Waals surface area contributed by atoms with Gasteiger partial charge in [-0.25, -0.2) is 9.97 Å². The lowest BCUT2D eigenvalue weighted by Crippen LogP contribution is -2.26. The average molecular weight is 431 g/mol. The first-order chi connectivity index (χ1) is 14.1. The zero-order valence-electron chi connectivity index (χ0n) is 15.7. The van der Waals surface area contributed by atoms with Crippen LogP contribution < -0.4 is 5.32 Å². The molecule has 10 nitrogen and oxygen atoms in total. The van der Waals surface area contributed by atoms with Gasteiger partial charge in [-0.15, -0.1) is 22.7 Å². The average Bonchev–Trinajstić information content (AvgIpc) is 3.50. The Kier molecular flexibility index (Phi) is 5.47. The van der Waals surface area contributed by atoms with Gasteiger partial charge in [-0.2, -0.15) is 15.4 Å². The van der Waals surface area contributed by atoms with Crippen molar-refractivity contribution < 1.29 is 9.53 Å². The predicted molar refractivity (Wildman–Crippen MR) is 110 cm³/mol. The van der Waals surface area contributed by atoms with E-state index in [1.165, 1.54) is 28.9 Å². The lowest BCUT2D eigenvalue weighted by molar-refractivity contribution is 0.0887. The molecule has 0 bridgehead atoms. The number of fused-ring (bicyclic) bond motifs is 1. The van der Waals surface area contributed by atoms with Crippen molar-refractivity contribution in [1.29, 1.82) is 5.41 Å². The van der Waals surface area contributed by atoms with Crippen LogP contribution in [0.5, 0.6) is 0 Å². The maximum atomic E-state index is 12.8. The van der Waals surface area contributed by atoms with Crippen molar-refractivity contribution in [2.45, 2.75) is 19.6 Å². The molecule has 4 aromatic heterocycles. The molecule has 0 aromatic carbocycles. The Labute approximate surface area is 173 Å². The van der Waals surface area contributed by atoms with Crippen molar-refractivity contribution in [3.05, 3.63) is 44.7 Å². The van der Waals surface area contributed by atoms with Crippen molar-refractivity contribution in [2.24, 2.45) is 7.05 Å². The number of aromatic nitrogens is 6. The van der Waals surface area contributed by atoms with E-state index in [9.17, 15) is 4.79 Å². The zero-order chi connectivity index (χ0) is 20.4. The maximum Gasteiger partial charge on any atom is 0.269 e. The van der Waals surface area contributed by atoms with E-state index < -0.39 is 0 Å². The molecule has 3 N–H and O–H groups in total. The lowest BCUT2D eigenvalue weighted by Gasteiger charge is -2.12. The number of hydrogen-bond donors (Lipinski definition) is 3. The normalized spacial score (nSPS) is 12.3. The van der Waals surface area contributed by atoms with Crippen LogP contribution in [-0.4, -0.2) is 48.7 Å². The Morgan fingerprint density at radius 3 is 3.03 bits per heavy atom. The number of nitrogens with one attached hydrogen (secondary N) is 3. The Morgan fingerprint density at radius 2 is 2.38 bits per heavy atom. The third-order valence-corrected chi connectivity index (χ3v) is 6.04. The van der Waals surface area contributed by atoms with Gasteiger partial charge in [-0.1, -0.05) is 0 Å². The molecule has 0 radical (unpaired) electrons. The number of thiazole rings is 2. The van der Waals surface area contributed by atoms with Crippen LogP contribution in [-0.2, 0) is 18.3 Å². The molecule has 0 spiro atoms. The molecule has 4 rings (SSSR count). The Balaban J connectivity index is 1.69. The molecule has 4 heterocycles. The van der Waals surface area contributed by atoms with Crippen LogP contribution in [0.4, 0.5) is 0 Å². The molecule has 1 amide bonds. The molecule has 0 saturated heterocycles. The van der Waals surface area contributed by atoms with Gasteiger partial charge in [0.25, 0.3) is 5.91 Å². The highest BCUT2D eigenvalue weighted by molar-refractivity contribution is 7.19. The summed E-state index contributed by atoms with van der Waals surface area (Å²) >= 11 is 2.91. The molecule has 150 valence electrons. The number of ether oxygens (including phenoxy) is 1. The minimum Gasteiger partial charge on any atom is -0.365 e. The van der Waals surface area contributed by atoms with Gasteiger partial charge in [0, 0.05) is 30.8 Å². The van der Waals surface area contributed by atoms with Crippen LogP contribution in [0.2, 0.25) is 0 Å². The van der Waals surface area contributed by atoms with Crippen LogP contribution in [0.25, 0.3) is 10.3 Å². The van der Waals surface area contributed by atoms with Crippen LogP contribution in [0.1, 0.15) is 45.5 Å². The standard InChI is InChI=1S/C17H18N8O2S2/c1-3-27-13(11-7-28-8-20-11)17-22-15-14(29-17)10(4-18)12(25(15)2)16(26)19-5-9-6-21-24-23-9/h4,6-8,13,18H,3,5H2,1-2H3,(H,19,26)(H,21,23,24). The van der Waals surface area contributed by atoms with E-state index in [0.717, 1.165) is 15.4 Å². The molecule has 1 atom stereocenters. The van der Waals surface area contributed by atoms with Gasteiger partial charge in [0.2, 0.25) is 0 Å². The first kappa shape index (κ1) is 19.4. The molecule has 0 saturated carbocycles. The highest BCUT2D eigenvalue weighted by atomic mass is 32.1. The van der Waals surface area contributed by atoms with Gasteiger partial charge < -0.3 is 20.0 Å². The minimum absolute atomic E-state index is 0.237. The zero-order valence-corrected chi connectivity index (χ0v) is 17.3. The van der Waals surface area contributed by atoms with E-state index in [0.29, 0.717) is 29.2 Å². The molecule has 0 aliphatic carbocycles. The highest BCUT2D eigenvalue weighted by Gasteiger charge is 2.27. The van der Waals surface area contributed by atoms with Gasteiger partial charge in [0.05, 0.1) is 28.6 Å². The molecule has 1 unspecified atom stereocenters. The van der Waals surface area contributed by atoms with Crippen LogP contribution >= 0.6 is 22.7 Å². The summed E-state index contributed by atoms with van der Waals surface area (Å²) in [5, 5.41) is 23.5. The van der Waals surface area contributed by atoms with Crippen LogP contribution in [0.3, 0.4) is 0 Å². The first-order valence-electron chi connectivity index (χ1n) is 8.76. The second kappa shape index (κ2) is 8.19. The number of hydrogen-bond acceptors (Lipinski definition) is 9. The number of H-pyrrole nitrogens is 1. The number of nitrogens with zero attached hydrogens (tertiary/aromatic N) is 5. The summed E-state index contributed by atoms with van der Waals surface area (Å²) < 4.78 is 8.35. The summed E-state index contributed by atoms with van der Waals surface area (Å²) in [6.07, 6.45) is 2.36. The number of aryl methyl sites for hydroxylation is 1. The fourth-order valence-corrected chi connectivity index (χ4v) is 4.76. The van der Waals surface area contributed by atoms with Crippen molar-refractivity contribution in [3.63, 3.8) is 0 Å². The van der Waals surface area contributed by atoms with Crippen molar-refractivity contribution in [3.8, 4) is 0 Å². The summed E-state index contributed by atoms with van der Waals surface area (Å²) in [6.45, 7) is 2.68. The van der Waals surface area contributed by atoms with E-state index in [1.54, 1.807) is 23.3 Å². The van der Waals surface area contributed by atoms with Gasteiger partial charge in [-0.05, 0) is 6.92 Å². The third-order valence-electron chi connectivity index (χ3n) is 4.31. The third kappa shape index (κ3) is 3.57. The topological polar surface area (TPSA) is 134 Å². The summed E-state index contributed by atoms with van der Waals surface area (Å²) in [6, 6.07) is 0. The first-order valence-corrected chi connectivity index (χ1v) is 10.5. The Bertz CT molecular complexity index is 1130. The highest BCUT2D eigenvalue weighted by Crippen LogP contribution is 2.36.